The van der Waals surface area contributed by atoms with Gasteiger partial charge in [0.25, 0.3) is 0 Å². The molecule has 1 atom stereocenters. The zero-order valence-corrected chi connectivity index (χ0v) is 18.3. The average molecular weight is 425 g/mol. The van der Waals surface area contributed by atoms with Crippen molar-refractivity contribution in [3.8, 4) is 17.6 Å². The summed E-state index contributed by atoms with van der Waals surface area (Å²) >= 11 is 0. The van der Waals surface area contributed by atoms with E-state index in [-0.39, 0.29) is 18.4 Å². The number of carbonyl (C=O) groups is 2. The van der Waals surface area contributed by atoms with Crippen molar-refractivity contribution in [3.63, 3.8) is 0 Å². The van der Waals surface area contributed by atoms with Crippen LogP contribution in [0.1, 0.15) is 26.3 Å². The van der Waals surface area contributed by atoms with E-state index in [4.69, 9.17) is 14.7 Å². The SMILES string of the molecule is CCOc1ccc(NC(=O)CN(C)C(C)C(=O)Nc2ccccc2C#N)cc1OCC. The highest BCUT2D eigenvalue weighted by Crippen LogP contribution is 2.30. The van der Waals surface area contributed by atoms with Gasteiger partial charge in [-0.3, -0.25) is 14.5 Å². The van der Waals surface area contributed by atoms with Crippen molar-refractivity contribution in [3.05, 3.63) is 48.0 Å². The third-order valence-electron chi connectivity index (χ3n) is 4.57. The van der Waals surface area contributed by atoms with Crippen LogP contribution in [-0.2, 0) is 9.59 Å². The van der Waals surface area contributed by atoms with Crippen LogP contribution in [-0.4, -0.2) is 49.6 Å². The Morgan fingerprint density at radius 1 is 1.06 bits per heavy atom. The number of nitrogens with zero attached hydrogens (tertiary/aromatic N) is 2. The minimum absolute atomic E-state index is 0.00562. The zero-order valence-electron chi connectivity index (χ0n) is 18.3. The Balaban J connectivity index is 1.97. The van der Waals surface area contributed by atoms with Gasteiger partial charge in [-0.2, -0.15) is 5.26 Å². The van der Waals surface area contributed by atoms with Gasteiger partial charge >= 0.3 is 0 Å². The lowest BCUT2D eigenvalue weighted by molar-refractivity contribution is -0.122. The third-order valence-corrected chi connectivity index (χ3v) is 4.57. The number of para-hydroxylation sites is 1. The van der Waals surface area contributed by atoms with E-state index in [1.165, 1.54) is 0 Å². The molecule has 1 unspecified atom stereocenters. The Labute approximate surface area is 182 Å². The maximum absolute atomic E-state index is 12.6. The van der Waals surface area contributed by atoms with Crippen molar-refractivity contribution >= 4 is 23.2 Å². The van der Waals surface area contributed by atoms with E-state index >= 15 is 0 Å². The lowest BCUT2D eigenvalue weighted by Crippen LogP contribution is -2.43. The van der Waals surface area contributed by atoms with Crippen molar-refractivity contribution in [2.45, 2.75) is 26.8 Å². The van der Waals surface area contributed by atoms with Gasteiger partial charge in [0.2, 0.25) is 11.8 Å². The lowest BCUT2D eigenvalue weighted by atomic mass is 10.2. The van der Waals surface area contributed by atoms with E-state index in [2.05, 4.69) is 10.6 Å². The van der Waals surface area contributed by atoms with E-state index in [9.17, 15) is 9.59 Å². The minimum atomic E-state index is -0.586. The number of amides is 2. The molecule has 0 aromatic heterocycles. The number of likely N-dealkylation sites (N-methyl/N-ethyl adjacent to an activating group) is 1. The Hall–Kier alpha value is -3.57. The fourth-order valence-electron chi connectivity index (χ4n) is 2.82. The van der Waals surface area contributed by atoms with Crippen molar-refractivity contribution in [2.24, 2.45) is 0 Å². The number of ether oxygens (including phenoxy) is 2. The Bertz CT molecular complexity index is 955. The van der Waals surface area contributed by atoms with E-state index in [1.54, 1.807) is 61.3 Å². The van der Waals surface area contributed by atoms with Crippen LogP contribution in [0.2, 0.25) is 0 Å². The van der Waals surface area contributed by atoms with Crippen LogP contribution in [0, 0.1) is 11.3 Å². The van der Waals surface area contributed by atoms with Crippen LogP contribution >= 0.6 is 0 Å². The first-order chi connectivity index (χ1) is 14.9. The molecule has 0 saturated carbocycles. The number of carbonyl (C=O) groups excluding carboxylic acids is 2. The third kappa shape index (κ3) is 6.73. The predicted molar refractivity (Wildman–Crippen MR) is 119 cm³/mol. The molecule has 2 aromatic rings. The summed E-state index contributed by atoms with van der Waals surface area (Å²) in [6, 6.07) is 13.4. The van der Waals surface area contributed by atoms with Gasteiger partial charge in [0.05, 0.1) is 37.1 Å². The molecule has 2 amide bonds. The summed E-state index contributed by atoms with van der Waals surface area (Å²) in [5.41, 5.74) is 1.40. The smallest absolute Gasteiger partial charge is 0.241 e. The van der Waals surface area contributed by atoms with E-state index in [0.29, 0.717) is 41.7 Å². The molecule has 31 heavy (non-hydrogen) atoms. The lowest BCUT2D eigenvalue weighted by Gasteiger charge is -2.23. The average Bonchev–Trinajstić information content (AvgIpc) is 2.75. The maximum atomic E-state index is 12.6. The standard InChI is InChI=1S/C23H28N4O4/c1-5-30-20-12-11-18(13-21(20)31-6-2)25-22(28)15-27(4)16(3)23(29)26-19-10-8-7-9-17(19)14-24/h7-13,16H,5-6,15H2,1-4H3,(H,25,28)(H,26,29). The fourth-order valence-corrected chi connectivity index (χ4v) is 2.82. The molecule has 0 radical (unpaired) electrons. The summed E-state index contributed by atoms with van der Waals surface area (Å²) in [4.78, 5) is 26.7. The quantitative estimate of drug-likeness (QED) is 0.607. The largest absolute Gasteiger partial charge is 0.490 e. The molecule has 2 rings (SSSR count). The highest BCUT2D eigenvalue weighted by Gasteiger charge is 2.21. The molecule has 8 heteroatoms. The number of hydrogen-bond acceptors (Lipinski definition) is 6. The summed E-state index contributed by atoms with van der Waals surface area (Å²) in [5.74, 6) is 0.589. The number of benzene rings is 2. The second-order valence-corrected chi connectivity index (χ2v) is 6.81. The molecule has 0 saturated heterocycles. The molecular formula is C23H28N4O4. The minimum Gasteiger partial charge on any atom is -0.490 e. The van der Waals surface area contributed by atoms with Gasteiger partial charge in [-0.25, -0.2) is 0 Å². The second-order valence-electron chi connectivity index (χ2n) is 6.81. The van der Waals surface area contributed by atoms with Crippen LogP contribution in [0.15, 0.2) is 42.5 Å². The van der Waals surface area contributed by atoms with Crippen LogP contribution in [0.25, 0.3) is 0 Å². The first-order valence-electron chi connectivity index (χ1n) is 10.1. The number of rotatable bonds is 10. The summed E-state index contributed by atoms with van der Waals surface area (Å²) in [6.07, 6.45) is 0. The van der Waals surface area contributed by atoms with E-state index < -0.39 is 6.04 Å². The molecule has 0 heterocycles. The Kier molecular flexibility index (Phi) is 8.85. The summed E-state index contributed by atoms with van der Waals surface area (Å²) < 4.78 is 11.1. The van der Waals surface area contributed by atoms with Crippen LogP contribution in [0.3, 0.4) is 0 Å². The topological polar surface area (TPSA) is 104 Å². The molecule has 0 fully saturated rings. The molecule has 2 N–H and O–H groups in total. The van der Waals surface area contributed by atoms with Gasteiger partial charge in [0.15, 0.2) is 11.5 Å². The van der Waals surface area contributed by atoms with Gasteiger partial charge in [-0.15, -0.1) is 0 Å². The Morgan fingerprint density at radius 2 is 1.74 bits per heavy atom. The molecule has 0 aliphatic carbocycles. The molecule has 8 nitrogen and oxygen atoms in total. The zero-order chi connectivity index (χ0) is 22.8. The molecule has 164 valence electrons. The summed E-state index contributed by atoms with van der Waals surface area (Å²) in [5, 5.41) is 14.7. The highest BCUT2D eigenvalue weighted by atomic mass is 16.5. The summed E-state index contributed by atoms with van der Waals surface area (Å²) in [6.45, 7) is 6.44. The second kappa shape index (κ2) is 11.6. The van der Waals surface area contributed by atoms with Crippen LogP contribution in [0.5, 0.6) is 11.5 Å². The number of nitriles is 1. The highest BCUT2D eigenvalue weighted by molar-refractivity contribution is 5.97. The Morgan fingerprint density at radius 3 is 2.42 bits per heavy atom. The van der Waals surface area contributed by atoms with Crippen molar-refractivity contribution < 1.29 is 19.1 Å². The van der Waals surface area contributed by atoms with E-state index in [0.717, 1.165) is 0 Å². The van der Waals surface area contributed by atoms with Crippen LogP contribution < -0.4 is 20.1 Å². The van der Waals surface area contributed by atoms with Gasteiger partial charge < -0.3 is 20.1 Å². The summed E-state index contributed by atoms with van der Waals surface area (Å²) in [7, 11) is 1.68. The first kappa shape index (κ1) is 23.7. The first-order valence-corrected chi connectivity index (χ1v) is 10.1. The fraction of sp³-hybridized carbons (Fsp3) is 0.348. The number of nitrogens with one attached hydrogen (secondary N) is 2. The monoisotopic (exact) mass is 424 g/mol. The molecular weight excluding hydrogens is 396 g/mol. The number of hydrogen-bond donors (Lipinski definition) is 2. The van der Waals surface area contributed by atoms with Crippen molar-refractivity contribution in [1.82, 2.24) is 4.90 Å². The van der Waals surface area contributed by atoms with E-state index in [1.807, 2.05) is 19.9 Å². The number of anilines is 2. The molecule has 0 aliphatic heterocycles. The van der Waals surface area contributed by atoms with Crippen molar-refractivity contribution in [2.75, 3.05) is 37.4 Å². The van der Waals surface area contributed by atoms with Gasteiger partial charge in [0.1, 0.15) is 6.07 Å². The molecule has 2 aromatic carbocycles. The van der Waals surface area contributed by atoms with Gasteiger partial charge in [-0.05, 0) is 52.1 Å². The molecule has 0 spiro atoms. The van der Waals surface area contributed by atoms with Gasteiger partial charge in [0, 0.05) is 11.8 Å². The predicted octanol–water partition coefficient (Wildman–Crippen LogP) is 3.25. The van der Waals surface area contributed by atoms with Crippen LogP contribution in [0.4, 0.5) is 11.4 Å². The molecule has 0 aliphatic rings. The normalized spacial score (nSPS) is 11.4. The maximum Gasteiger partial charge on any atom is 0.241 e. The van der Waals surface area contributed by atoms with Gasteiger partial charge in [-0.1, -0.05) is 12.1 Å². The van der Waals surface area contributed by atoms with Crippen molar-refractivity contribution in [1.29, 1.82) is 5.26 Å². The molecule has 0 bridgehead atoms.